The maximum Gasteiger partial charge on any atom is 0.0462 e. The van der Waals surface area contributed by atoms with E-state index < -0.39 is 0 Å². The summed E-state index contributed by atoms with van der Waals surface area (Å²) >= 11 is 0. The van der Waals surface area contributed by atoms with Gasteiger partial charge in [-0.25, -0.2) is 0 Å². The molecule has 0 heterocycles. The zero-order valence-electron chi connectivity index (χ0n) is 29.0. The van der Waals surface area contributed by atoms with Crippen molar-refractivity contribution in [3.8, 4) is 22.3 Å². The quantitative estimate of drug-likeness (QED) is 0.164. The number of hydrogen-bond donors (Lipinski definition) is 0. The van der Waals surface area contributed by atoms with Gasteiger partial charge in [-0.3, -0.25) is 0 Å². The summed E-state index contributed by atoms with van der Waals surface area (Å²) in [5, 5.41) is 0. The highest BCUT2D eigenvalue weighted by Gasteiger charge is 2.17. The summed E-state index contributed by atoms with van der Waals surface area (Å²) in [6.07, 6.45) is 0. The van der Waals surface area contributed by atoms with Gasteiger partial charge in [-0.05, 0) is 135 Å². The Labute approximate surface area is 291 Å². The van der Waals surface area contributed by atoms with E-state index in [9.17, 15) is 0 Å². The number of aryl methyl sites for hydroxylation is 5. The molecule has 0 saturated carbocycles. The molecule has 0 aliphatic rings. The highest BCUT2D eigenvalue weighted by atomic mass is 15.1. The van der Waals surface area contributed by atoms with Crippen LogP contribution in [0.25, 0.3) is 22.3 Å². The van der Waals surface area contributed by atoms with Gasteiger partial charge in [0, 0.05) is 34.1 Å². The van der Waals surface area contributed by atoms with Crippen LogP contribution in [0.1, 0.15) is 27.8 Å². The van der Waals surface area contributed by atoms with E-state index >= 15 is 0 Å². The number of nitrogens with zero attached hydrogens (tertiary/aromatic N) is 2. The molecular weight excluding hydrogens is 593 g/mol. The molecule has 0 saturated heterocycles. The van der Waals surface area contributed by atoms with Crippen molar-refractivity contribution in [2.24, 2.45) is 0 Å². The minimum Gasteiger partial charge on any atom is -0.311 e. The van der Waals surface area contributed by atoms with Gasteiger partial charge in [0.1, 0.15) is 0 Å². The standard InChI is InChI=1S/C47H42N2/c1-33-9-21-40(22-10-33)48(41-23-11-34(2)12-24-41)44-29-17-38(18-30-44)46-8-6-7-37(5)47(46)39-19-31-45(32-20-39)49(42-25-13-35(3)14-26-42)43-27-15-36(4)16-28-43/h6-32H,1-5H3. The molecule has 0 aromatic heterocycles. The molecule has 2 nitrogen and oxygen atoms in total. The molecule has 0 amide bonds. The fourth-order valence-corrected chi connectivity index (χ4v) is 6.53. The summed E-state index contributed by atoms with van der Waals surface area (Å²) in [6, 6.07) is 59.6. The molecule has 0 atom stereocenters. The van der Waals surface area contributed by atoms with Crippen molar-refractivity contribution in [3.63, 3.8) is 0 Å². The van der Waals surface area contributed by atoms with E-state index in [1.165, 1.54) is 50.1 Å². The van der Waals surface area contributed by atoms with Crippen molar-refractivity contribution in [3.05, 3.63) is 192 Å². The molecule has 0 fully saturated rings. The van der Waals surface area contributed by atoms with Gasteiger partial charge in [-0.15, -0.1) is 0 Å². The fourth-order valence-electron chi connectivity index (χ4n) is 6.53. The molecule has 0 radical (unpaired) electrons. The summed E-state index contributed by atoms with van der Waals surface area (Å²) in [5.41, 5.74) is 18.0. The van der Waals surface area contributed by atoms with Gasteiger partial charge in [-0.1, -0.05) is 113 Å². The van der Waals surface area contributed by atoms with Crippen molar-refractivity contribution in [1.82, 2.24) is 0 Å². The van der Waals surface area contributed by atoms with Gasteiger partial charge < -0.3 is 9.80 Å². The third kappa shape index (κ3) is 6.77. The zero-order valence-corrected chi connectivity index (χ0v) is 29.0. The Morgan fingerprint density at radius 2 is 0.571 bits per heavy atom. The fraction of sp³-hybridized carbons (Fsp3) is 0.106. The molecule has 7 rings (SSSR count). The Bertz CT molecular complexity index is 2070. The van der Waals surface area contributed by atoms with E-state index in [1.807, 2.05) is 0 Å². The molecule has 49 heavy (non-hydrogen) atoms. The second-order valence-electron chi connectivity index (χ2n) is 13.1. The van der Waals surface area contributed by atoms with Crippen LogP contribution in [0.15, 0.2) is 164 Å². The van der Waals surface area contributed by atoms with Crippen molar-refractivity contribution in [2.45, 2.75) is 34.6 Å². The minimum atomic E-state index is 1.13. The number of anilines is 6. The van der Waals surface area contributed by atoms with Crippen LogP contribution >= 0.6 is 0 Å². The molecule has 240 valence electrons. The van der Waals surface area contributed by atoms with Crippen molar-refractivity contribution in [1.29, 1.82) is 0 Å². The molecule has 0 unspecified atom stereocenters. The Balaban J connectivity index is 1.25. The van der Waals surface area contributed by atoms with Crippen LogP contribution in [-0.2, 0) is 0 Å². The molecular formula is C47H42N2. The SMILES string of the molecule is Cc1ccc(N(c2ccc(C)cc2)c2ccc(-c3cccc(C)c3-c3ccc(N(c4ccc(C)cc4)c4ccc(C)cc4)cc3)cc2)cc1. The monoisotopic (exact) mass is 634 g/mol. The first kappa shape index (κ1) is 31.7. The maximum absolute atomic E-state index is 2.33. The lowest BCUT2D eigenvalue weighted by Gasteiger charge is -2.26. The van der Waals surface area contributed by atoms with Gasteiger partial charge in [-0.2, -0.15) is 0 Å². The summed E-state index contributed by atoms with van der Waals surface area (Å²) < 4.78 is 0. The highest BCUT2D eigenvalue weighted by molar-refractivity contribution is 5.88. The van der Waals surface area contributed by atoms with Crippen LogP contribution in [0.4, 0.5) is 34.1 Å². The lowest BCUT2D eigenvalue weighted by molar-refractivity contribution is 1.27. The van der Waals surface area contributed by atoms with E-state index in [1.54, 1.807) is 0 Å². The lowest BCUT2D eigenvalue weighted by Crippen LogP contribution is -2.10. The Kier molecular flexibility index (Phi) is 8.87. The van der Waals surface area contributed by atoms with Gasteiger partial charge in [0.25, 0.3) is 0 Å². The van der Waals surface area contributed by atoms with Gasteiger partial charge in [0.05, 0.1) is 0 Å². The summed E-state index contributed by atoms with van der Waals surface area (Å²) in [4.78, 5) is 4.65. The van der Waals surface area contributed by atoms with E-state index in [4.69, 9.17) is 0 Å². The van der Waals surface area contributed by atoms with Crippen LogP contribution in [0.2, 0.25) is 0 Å². The van der Waals surface area contributed by atoms with E-state index in [2.05, 4.69) is 208 Å². The second-order valence-corrected chi connectivity index (χ2v) is 13.1. The number of rotatable bonds is 8. The lowest BCUT2D eigenvalue weighted by atomic mass is 9.90. The molecule has 0 aliphatic carbocycles. The predicted octanol–water partition coefficient (Wildman–Crippen LogP) is 13.5. The smallest absolute Gasteiger partial charge is 0.0462 e. The molecule has 2 heteroatoms. The third-order valence-electron chi connectivity index (χ3n) is 9.29. The first-order valence-electron chi connectivity index (χ1n) is 17.0. The van der Waals surface area contributed by atoms with Crippen LogP contribution in [-0.4, -0.2) is 0 Å². The third-order valence-corrected chi connectivity index (χ3v) is 9.29. The number of benzene rings is 7. The maximum atomic E-state index is 2.33. The van der Waals surface area contributed by atoms with E-state index in [-0.39, 0.29) is 0 Å². The van der Waals surface area contributed by atoms with Crippen molar-refractivity contribution in [2.75, 3.05) is 9.80 Å². The molecule has 7 aromatic rings. The average molecular weight is 635 g/mol. The molecule has 0 aliphatic heterocycles. The topological polar surface area (TPSA) is 6.48 Å². The van der Waals surface area contributed by atoms with Crippen molar-refractivity contribution >= 4 is 34.1 Å². The van der Waals surface area contributed by atoms with E-state index in [0.29, 0.717) is 0 Å². The van der Waals surface area contributed by atoms with Crippen LogP contribution in [0.3, 0.4) is 0 Å². The summed E-state index contributed by atoms with van der Waals surface area (Å²) in [6.45, 7) is 10.7. The first-order chi connectivity index (χ1) is 23.8. The molecule has 0 bridgehead atoms. The van der Waals surface area contributed by atoms with E-state index in [0.717, 1.165) is 34.1 Å². The molecule has 7 aromatic carbocycles. The highest BCUT2D eigenvalue weighted by Crippen LogP contribution is 2.41. The average Bonchev–Trinajstić information content (AvgIpc) is 3.12. The van der Waals surface area contributed by atoms with Crippen LogP contribution in [0, 0.1) is 34.6 Å². The Morgan fingerprint density at radius 1 is 0.286 bits per heavy atom. The largest absolute Gasteiger partial charge is 0.311 e. The summed E-state index contributed by atoms with van der Waals surface area (Å²) in [7, 11) is 0. The summed E-state index contributed by atoms with van der Waals surface area (Å²) in [5.74, 6) is 0. The molecule has 0 N–H and O–H groups in total. The first-order valence-corrected chi connectivity index (χ1v) is 17.0. The van der Waals surface area contributed by atoms with Crippen molar-refractivity contribution < 1.29 is 0 Å². The van der Waals surface area contributed by atoms with Gasteiger partial charge in [0.2, 0.25) is 0 Å². The molecule has 0 spiro atoms. The number of hydrogen-bond acceptors (Lipinski definition) is 2. The Hall–Kier alpha value is -5.86. The van der Waals surface area contributed by atoms with Crippen LogP contribution < -0.4 is 9.80 Å². The second kappa shape index (κ2) is 13.7. The Morgan fingerprint density at radius 3 is 0.898 bits per heavy atom. The zero-order chi connectivity index (χ0) is 33.9. The van der Waals surface area contributed by atoms with Crippen LogP contribution in [0.5, 0.6) is 0 Å². The normalized spacial score (nSPS) is 11.0. The minimum absolute atomic E-state index is 1.13. The predicted molar refractivity (Wildman–Crippen MR) is 210 cm³/mol. The van der Waals surface area contributed by atoms with Gasteiger partial charge >= 0.3 is 0 Å². The van der Waals surface area contributed by atoms with Gasteiger partial charge in [0.15, 0.2) is 0 Å².